The van der Waals surface area contributed by atoms with Crippen LogP contribution in [-0.4, -0.2) is 28.0 Å². The van der Waals surface area contributed by atoms with Gasteiger partial charge < -0.3 is 16.5 Å². The van der Waals surface area contributed by atoms with Crippen molar-refractivity contribution >= 4 is 35.8 Å². The molecule has 3 rings (SSSR count). The molecule has 0 radical (unpaired) electrons. The third-order valence-electron chi connectivity index (χ3n) is 4.38. The molecule has 0 unspecified atom stereocenters. The van der Waals surface area contributed by atoms with Crippen LogP contribution in [0.15, 0.2) is 52.5 Å². The monoisotopic (exact) mass is 400 g/mol. The zero-order chi connectivity index (χ0) is 19.4. The van der Waals surface area contributed by atoms with Gasteiger partial charge in [-0.05, 0) is 49.7 Å². The molecule has 0 saturated carbocycles. The third kappa shape index (κ3) is 4.33. The van der Waals surface area contributed by atoms with Crippen molar-refractivity contribution in [2.75, 3.05) is 29.6 Å². The van der Waals surface area contributed by atoms with E-state index < -0.39 is 0 Å². The predicted octanol–water partition coefficient (Wildman–Crippen LogP) is 3.67. The van der Waals surface area contributed by atoms with Gasteiger partial charge in [-0.2, -0.15) is 0 Å². The Morgan fingerprint density at radius 1 is 1.07 bits per heavy atom. The number of thioether (sulfide) groups is 1. The normalized spacial score (nSPS) is 10.9. The van der Waals surface area contributed by atoms with Crippen molar-refractivity contribution in [2.45, 2.75) is 29.7 Å². The van der Waals surface area contributed by atoms with E-state index in [0.29, 0.717) is 16.7 Å². The quantitative estimate of drug-likeness (QED) is 0.243. The smallest absolute Gasteiger partial charge is 0.210 e. The van der Waals surface area contributed by atoms with E-state index in [-0.39, 0.29) is 0 Å². The lowest BCUT2D eigenvalue weighted by molar-refractivity contribution is 0.849. The van der Waals surface area contributed by atoms with Gasteiger partial charge in [0.15, 0.2) is 5.82 Å². The fourth-order valence-corrected chi connectivity index (χ4v) is 3.76. The molecule has 0 aliphatic heterocycles. The molecule has 1 aromatic heterocycles. The largest absolute Gasteiger partial charge is 0.398 e. The van der Waals surface area contributed by atoms with E-state index in [9.17, 15) is 0 Å². The molecular formula is C19H24N6S2. The third-order valence-corrected chi connectivity index (χ3v) is 5.80. The fourth-order valence-electron chi connectivity index (χ4n) is 2.81. The maximum absolute atomic E-state index is 6.19. The molecule has 4 N–H and O–H groups in total. The van der Waals surface area contributed by atoms with E-state index in [1.807, 2.05) is 12.1 Å². The van der Waals surface area contributed by atoms with Crippen molar-refractivity contribution in [3.05, 3.63) is 48.0 Å². The highest BCUT2D eigenvalue weighted by molar-refractivity contribution is 7.98. The van der Waals surface area contributed by atoms with Crippen LogP contribution in [0.1, 0.15) is 19.4 Å². The number of hydrogen-bond donors (Lipinski definition) is 3. The zero-order valence-electron chi connectivity index (χ0n) is 15.5. The Morgan fingerprint density at radius 2 is 1.78 bits per heavy atom. The first-order chi connectivity index (χ1) is 13.0. The van der Waals surface area contributed by atoms with Crippen molar-refractivity contribution < 1.29 is 0 Å². The molecule has 0 spiro atoms. The molecule has 0 saturated heterocycles. The Morgan fingerprint density at radius 3 is 2.41 bits per heavy atom. The van der Waals surface area contributed by atoms with E-state index in [0.717, 1.165) is 29.3 Å². The average Bonchev–Trinajstić information content (AvgIpc) is 3.05. The SMILES string of the molecule is CCN(CC)c1ccc(CSc2nnc(-c3ccc(S)c(N)c3)n2N)cc1. The molecule has 0 aliphatic carbocycles. The summed E-state index contributed by atoms with van der Waals surface area (Å²) >= 11 is 5.84. The highest BCUT2D eigenvalue weighted by Crippen LogP contribution is 2.28. The van der Waals surface area contributed by atoms with Gasteiger partial charge in [0.2, 0.25) is 5.16 Å². The lowest BCUT2D eigenvalue weighted by Crippen LogP contribution is -2.21. The molecule has 3 aromatic rings. The van der Waals surface area contributed by atoms with Crippen LogP contribution in [0.4, 0.5) is 11.4 Å². The van der Waals surface area contributed by atoms with Crippen LogP contribution in [-0.2, 0) is 5.75 Å². The van der Waals surface area contributed by atoms with Crippen LogP contribution in [0, 0.1) is 0 Å². The first-order valence-electron chi connectivity index (χ1n) is 8.79. The number of nitrogens with zero attached hydrogens (tertiary/aromatic N) is 4. The summed E-state index contributed by atoms with van der Waals surface area (Å²) in [6, 6.07) is 14.1. The first kappa shape index (κ1) is 19.4. The second-order valence-corrected chi connectivity index (χ2v) is 7.50. The van der Waals surface area contributed by atoms with Crippen molar-refractivity contribution in [2.24, 2.45) is 0 Å². The average molecular weight is 401 g/mol. The van der Waals surface area contributed by atoms with Gasteiger partial charge in [-0.3, -0.25) is 0 Å². The van der Waals surface area contributed by atoms with Crippen LogP contribution < -0.4 is 16.5 Å². The molecule has 0 amide bonds. The van der Waals surface area contributed by atoms with E-state index in [1.54, 1.807) is 17.8 Å². The van der Waals surface area contributed by atoms with Crippen molar-refractivity contribution in [1.29, 1.82) is 0 Å². The Balaban J connectivity index is 1.70. The zero-order valence-corrected chi connectivity index (χ0v) is 17.2. The van der Waals surface area contributed by atoms with E-state index in [4.69, 9.17) is 11.6 Å². The minimum atomic E-state index is 0.578. The van der Waals surface area contributed by atoms with Crippen LogP contribution in [0.2, 0.25) is 0 Å². The van der Waals surface area contributed by atoms with Gasteiger partial charge in [0.25, 0.3) is 0 Å². The van der Waals surface area contributed by atoms with Crippen molar-refractivity contribution in [3.8, 4) is 11.4 Å². The number of anilines is 2. The highest BCUT2D eigenvalue weighted by atomic mass is 32.2. The Kier molecular flexibility index (Phi) is 6.18. The number of nitrogens with two attached hydrogens (primary N) is 2. The Bertz CT molecular complexity index is 903. The number of nitrogen functional groups attached to an aromatic ring is 2. The van der Waals surface area contributed by atoms with Gasteiger partial charge in [-0.25, -0.2) is 4.68 Å². The minimum absolute atomic E-state index is 0.578. The summed E-state index contributed by atoms with van der Waals surface area (Å²) in [4.78, 5) is 3.05. The number of hydrogen-bond acceptors (Lipinski definition) is 7. The van der Waals surface area contributed by atoms with Gasteiger partial charge in [-0.1, -0.05) is 23.9 Å². The van der Waals surface area contributed by atoms with E-state index in [1.165, 1.54) is 15.9 Å². The number of rotatable bonds is 7. The number of benzene rings is 2. The molecule has 0 atom stereocenters. The first-order valence-corrected chi connectivity index (χ1v) is 10.2. The fraction of sp³-hybridized carbons (Fsp3) is 0.263. The predicted molar refractivity (Wildman–Crippen MR) is 117 cm³/mol. The molecule has 8 heteroatoms. The molecule has 0 bridgehead atoms. The Labute approximate surface area is 169 Å². The van der Waals surface area contributed by atoms with Gasteiger partial charge >= 0.3 is 0 Å². The summed E-state index contributed by atoms with van der Waals surface area (Å²) in [6.45, 7) is 6.33. The maximum atomic E-state index is 6.19. The van der Waals surface area contributed by atoms with Crippen LogP contribution >= 0.6 is 24.4 Å². The lowest BCUT2D eigenvalue weighted by Gasteiger charge is -2.21. The molecule has 6 nitrogen and oxygen atoms in total. The van der Waals surface area contributed by atoms with E-state index >= 15 is 0 Å². The van der Waals surface area contributed by atoms with Crippen LogP contribution in [0.5, 0.6) is 0 Å². The summed E-state index contributed by atoms with van der Waals surface area (Å²) < 4.78 is 1.50. The summed E-state index contributed by atoms with van der Waals surface area (Å²) in [5.41, 5.74) is 9.77. The number of aromatic nitrogens is 3. The summed E-state index contributed by atoms with van der Waals surface area (Å²) in [5, 5.41) is 9.08. The Hall–Kier alpha value is -2.32. The number of thiol groups is 1. The molecule has 1 heterocycles. The second kappa shape index (κ2) is 8.58. The molecule has 142 valence electrons. The molecule has 2 aromatic carbocycles. The highest BCUT2D eigenvalue weighted by Gasteiger charge is 2.13. The van der Waals surface area contributed by atoms with Gasteiger partial charge in [0.1, 0.15) is 0 Å². The topological polar surface area (TPSA) is 86.0 Å². The molecule has 0 aliphatic rings. The van der Waals surface area contributed by atoms with Gasteiger partial charge in [0, 0.05) is 40.7 Å². The van der Waals surface area contributed by atoms with Gasteiger partial charge in [-0.15, -0.1) is 22.8 Å². The minimum Gasteiger partial charge on any atom is -0.398 e. The van der Waals surface area contributed by atoms with Crippen LogP contribution in [0.25, 0.3) is 11.4 Å². The summed E-state index contributed by atoms with van der Waals surface area (Å²) in [6.07, 6.45) is 0. The van der Waals surface area contributed by atoms with Gasteiger partial charge in [0.05, 0.1) is 0 Å². The summed E-state index contributed by atoms with van der Waals surface area (Å²) in [7, 11) is 0. The van der Waals surface area contributed by atoms with Crippen molar-refractivity contribution in [1.82, 2.24) is 14.9 Å². The molecule has 0 fully saturated rings. The molecule has 27 heavy (non-hydrogen) atoms. The lowest BCUT2D eigenvalue weighted by atomic mass is 10.2. The maximum Gasteiger partial charge on any atom is 0.210 e. The molecular weight excluding hydrogens is 376 g/mol. The van der Waals surface area contributed by atoms with Crippen LogP contribution in [0.3, 0.4) is 0 Å². The van der Waals surface area contributed by atoms with E-state index in [2.05, 4.69) is 65.8 Å². The summed E-state index contributed by atoms with van der Waals surface area (Å²) in [5.74, 6) is 7.54. The standard InChI is InChI=1S/C19H24N6S2/c1-3-24(4-2)15-8-5-13(6-9-15)12-27-19-23-22-18(25(19)21)14-7-10-17(26)16(20)11-14/h5-11,26H,3-4,12,20-21H2,1-2H3. The second-order valence-electron chi connectivity index (χ2n) is 6.08. The van der Waals surface area contributed by atoms with Crippen molar-refractivity contribution in [3.63, 3.8) is 0 Å².